The standard InChI is InChI=1S/C12H16FNO2/c1-15-12-6-10(13)2-3-11(12)14-7-9-4-5-16-8-9/h2-3,6,9,14H,4-5,7-8H2,1H3. The van der Waals surface area contributed by atoms with Crippen LogP contribution in [0, 0.1) is 11.7 Å². The maximum absolute atomic E-state index is 12.9. The van der Waals surface area contributed by atoms with Gasteiger partial charge in [-0.25, -0.2) is 4.39 Å². The van der Waals surface area contributed by atoms with Crippen molar-refractivity contribution in [3.05, 3.63) is 24.0 Å². The van der Waals surface area contributed by atoms with E-state index in [1.165, 1.54) is 12.1 Å². The second-order valence-corrected chi connectivity index (χ2v) is 3.96. The first kappa shape index (κ1) is 11.2. The van der Waals surface area contributed by atoms with Crippen LogP contribution >= 0.6 is 0 Å². The number of hydrogen-bond donors (Lipinski definition) is 1. The zero-order valence-corrected chi connectivity index (χ0v) is 9.33. The van der Waals surface area contributed by atoms with Crippen LogP contribution in [-0.2, 0) is 4.74 Å². The Bertz CT molecular complexity index is 351. The summed E-state index contributed by atoms with van der Waals surface area (Å²) in [6.07, 6.45) is 1.08. The third kappa shape index (κ3) is 2.64. The molecule has 1 unspecified atom stereocenters. The van der Waals surface area contributed by atoms with E-state index in [0.29, 0.717) is 11.7 Å². The molecular weight excluding hydrogens is 209 g/mol. The Morgan fingerprint density at radius 2 is 2.44 bits per heavy atom. The number of ether oxygens (including phenoxy) is 2. The van der Waals surface area contributed by atoms with E-state index in [1.54, 1.807) is 13.2 Å². The lowest BCUT2D eigenvalue weighted by Crippen LogP contribution is -2.14. The average Bonchev–Trinajstić information content (AvgIpc) is 2.80. The molecule has 1 atom stereocenters. The summed E-state index contributed by atoms with van der Waals surface area (Å²) in [7, 11) is 1.54. The number of rotatable bonds is 4. The van der Waals surface area contributed by atoms with Gasteiger partial charge in [0.1, 0.15) is 11.6 Å². The molecular formula is C12H16FNO2. The van der Waals surface area contributed by atoms with Crippen LogP contribution in [0.4, 0.5) is 10.1 Å². The van der Waals surface area contributed by atoms with Crippen LogP contribution in [0.1, 0.15) is 6.42 Å². The highest BCUT2D eigenvalue weighted by atomic mass is 19.1. The monoisotopic (exact) mass is 225 g/mol. The second-order valence-electron chi connectivity index (χ2n) is 3.96. The number of halogens is 1. The van der Waals surface area contributed by atoms with Crippen molar-refractivity contribution in [2.45, 2.75) is 6.42 Å². The van der Waals surface area contributed by atoms with Crippen LogP contribution < -0.4 is 10.1 Å². The van der Waals surface area contributed by atoms with Crippen LogP contribution in [0.15, 0.2) is 18.2 Å². The van der Waals surface area contributed by atoms with Crippen molar-refractivity contribution < 1.29 is 13.9 Å². The summed E-state index contributed by atoms with van der Waals surface area (Å²) in [4.78, 5) is 0. The van der Waals surface area contributed by atoms with Gasteiger partial charge in [0.2, 0.25) is 0 Å². The summed E-state index contributed by atoms with van der Waals surface area (Å²) < 4.78 is 23.3. The van der Waals surface area contributed by atoms with Crippen molar-refractivity contribution in [1.82, 2.24) is 0 Å². The molecule has 4 heteroatoms. The first-order valence-corrected chi connectivity index (χ1v) is 5.45. The maximum atomic E-state index is 12.9. The normalized spacial score (nSPS) is 19.8. The summed E-state index contributed by atoms with van der Waals surface area (Å²) >= 11 is 0. The van der Waals surface area contributed by atoms with Crippen molar-refractivity contribution in [3.8, 4) is 5.75 Å². The highest BCUT2D eigenvalue weighted by Crippen LogP contribution is 2.25. The molecule has 1 N–H and O–H groups in total. The minimum absolute atomic E-state index is 0.286. The molecule has 2 rings (SSSR count). The van der Waals surface area contributed by atoms with E-state index in [9.17, 15) is 4.39 Å². The third-order valence-electron chi connectivity index (χ3n) is 2.77. The van der Waals surface area contributed by atoms with Gasteiger partial charge in [-0.3, -0.25) is 0 Å². The number of anilines is 1. The van der Waals surface area contributed by atoms with E-state index >= 15 is 0 Å². The topological polar surface area (TPSA) is 30.5 Å². The smallest absolute Gasteiger partial charge is 0.144 e. The Balaban J connectivity index is 1.97. The first-order chi connectivity index (χ1) is 7.79. The molecule has 0 aromatic heterocycles. The van der Waals surface area contributed by atoms with E-state index in [4.69, 9.17) is 9.47 Å². The highest BCUT2D eigenvalue weighted by molar-refractivity contribution is 5.56. The summed E-state index contributed by atoms with van der Waals surface area (Å²) in [5.41, 5.74) is 0.829. The Kier molecular flexibility index (Phi) is 3.62. The fourth-order valence-corrected chi connectivity index (χ4v) is 1.81. The molecule has 88 valence electrons. The lowest BCUT2D eigenvalue weighted by Gasteiger charge is -2.13. The van der Waals surface area contributed by atoms with Crippen molar-refractivity contribution in [2.75, 3.05) is 32.2 Å². The van der Waals surface area contributed by atoms with Gasteiger partial charge in [0.05, 0.1) is 19.4 Å². The van der Waals surface area contributed by atoms with Gasteiger partial charge in [0, 0.05) is 25.1 Å². The Hall–Kier alpha value is -1.29. The maximum Gasteiger partial charge on any atom is 0.144 e. The van der Waals surface area contributed by atoms with Gasteiger partial charge in [-0.15, -0.1) is 0 Å². The Morgan fingerprint density at radius 3 is 3.12 bits per heavy atom. The summed E-state index contributed by atoms with van der Waals surface area (Å²) in [6.45, 7) is 2.48. The molecule has 1 fully saturated rings. The molecule has 0 saturated carbocycles. The molecule has 0 aliphatic carbocycles. The van der Waals surface area contributed by atoms with Crippen molar-refractivity contribution in [3.63, 3.8) is 0 Å². The minimum atomic E-state index is -0.286. The van der Waals surface area contributed by atoms with E-state index in [0.717, 1.165) is 31.9 Å². The fraction of sp³-hybridized carbons (Fsp3) is 0.500. The van der Waals surface area contributed by atoms with Crippen LogP contribution in [0.3, 0.4) is 0 Å². The molecule has 1 aromatic rings. The van der Waals surface area contributed by atoms with Gasteiger partial charge >= 0.3 is 0 Å². The van der Waals surface area contributed by atoms with Gasteiger partial charge in [-0.2, -0.15) is 0 Å². The SMILES string of the molecule is COc1cc(F)ccc1NCC1CCOC1. The molecule has 0 bridgehead atoms. The molecule has 0 amide bonds. The van der Waals surface area contributed by atoms with Gasteiger partial charge < -0.3 is 14.8 Å². The zero-order valence-electron chi connectivity index (χ0n) is 9.33. The Morgan fingerprint density at radius 1 is 1.56 bits per heavy atom. The van der Waals surface area contributed by atoms with Crippen molar-refractivity contribution in [2.24, 2.45) is 5.92 Å². The molecule has 0 radical (unpaired) electrons. The Labute approximate surface area is 94.6 Å². The zero-order chi connectivity index (χ0) is 11.4. The fourth-order valence-electron chi connectivity index (χ4n) is 1.81. The van der Waals surface area contributed by atoms with Gasteiger partial charge in [-0.1, -0.05) is 0 Å². The average molecular weight is 225 g/mol. The van der Waals surface area contributed by atoms with Crippen LogP contribution in [-0.4, -0.2) is 26.9 Å². The predicted octanol–water partition coefficient (Wildman–Crippen LogP) is 2.28. The van der Waals surface area contributed by atoms with E-state index < -0.39 is 0 Å². The van der Waals surface area contributed by atoms with Gasteiger partial charge in [0.25, 0.3) is 0 Å². The van der Waals surface area contributed by atoms with E-state index in [1.807, 2.05) is 0 Å². The van der Waals surface area contributed by atoms with E-state index in [-0.39, 0.29) is 5.82 Å². The molecule has 1 aliphatic rings. The summed E-state index contributed by atoms with van der Waals surface area (Å²) in [5, 5.41) is 3.26. The lowest BCUT2D eigenvalue weighted by molar-refractivity contribution is 0.187. The molecule has 1 aliphatic heterocycles. The molecule has 1 heterocycles. The van der Waals surface area contributed by atoms with Crippen LogP contribution in [0.25, 0.3) is 0 Å². The molecule has 3 nitrogen and oxygen atoms in total. The number of hydrogen-bond acceptors (Lipinski definition) is 3. The number of methoxy groups -OCH3 is 1. The van der Waals surface area contributed by atoms with Gasteiger partial charge in [0.15, 0.2) is 0 Å². The van der Waals surface area contributed by atoms with Crippen molar-refractivity contribution in [1.29, 1.82) is 0 Å². The van der Waals surface area contributed by atoms with E-state index in [2.05, 4.69) is 5.32 Å². The number of nitrogens with one attached hydrogen (secondary N) is 1. The minimum Gasteiger partial charge on any atom is -0.494 e. The van der Waals surface area contributed by atoms with Crippen LogP contribution in [0.5, 0.6) is 5.75 Å². The predicted molar refractivity (Wildman–Crippen MR) is 60.4 cm³/mol. The van der Waals surface area contributed by atoms with Gasteiger partial charge in [-0.05, 0) is 18.6 Å². The van der Waals surface area contributed by atoms with Crippen molar-refractivity contribution >= 4 is 5.69 Å². The largest absolute Gasteiger partial charge is 0.494 e. The molecule has 16 heavy (non-hydrogen) atoms. The van der Waals surface area contributed by atoms with Crippen LogP contribution in [0.2, 0.25) is 0 Å². The molecule has 1 saturated heterocycles. The molecule has 1 aromatic carbocycles. The summed E-state index contributed by atoms with van der Waals surface area (Å²) in [5.74, 6) is 0.792. The third-order valence-corrected chi connectivity index (χ3v) is 2.77. The lowest BCUT2D eigenvalue weighted by atomic mass is 10.1. The first-order valence-electron chi connectivity index (χ1n) is 5.45. The molecule has 0 spiro atoms. The second kappa shape index (κ2) is 5.16. The number of benzene rings is 1. The summed E-state index contributed by atoms with van der Waals surface area (Å²) in [6, 6.07) is 4.51. The quantitative estimate of drug-likeness (QED) is 0.852. The highest BCUT2D eigenvalue weighted by Gasteiger charge is 2.15.